The number of thiazole rings is 1. The monoisotopic (exact) mass is 474 g/mol. The first-order valence-corrected chi connectivity index (χ1v) is 11.8. The standard InChI is InChI=1S/C23H32N2OS.C2H2O4/c1-22(2,3)16-13-15(14-17(20(16)26)23(4,5)6)10-11-19-25-18-9-7-8-12-24-21(18)27-19;3-1(4)2(5)6/h10-11,13-14,24,26H,7-9,12H2,1-6H3;(H,3,4)(H,5,6). The van der Waals surface area contributed by atoms with Gasteiger partial charge in [0.1, 0.15) is 15.8 Å². The molecule has 180 valence electrons. The summed E-state index contributed by atoms with van der Waals surface area (Å²) in [6.07, 6.45) is 7.71. The molecular formula is C25H34N2O5S. The molecule has 7 nitrogen and oxygen atoms in total. The van der Waals surface area contributed by atoms with Crippen molar-refractivity contribution >= 4 is 40.4 Å². The normalized spacial score (nSPS) is 14.0. The molecule has 1 aliphatic rings. The topological polar surface area (TPSA) is 120 Å². The zero-order chi connectivity index (χ0) is 25.0. The molecule has 4 N–H and O–H groups in total. The van der Waals surface area contributed by atoms with Crippen molar-refractivity contribution in [3.63, 3.8) is 0 Å². The van der Waals surface area contributed by atoms with Crippen LogP contribution >= 0.6 is 11.3 Å². The van der Waals surface area contributed by atoms with Gasteiger partial charge in [0.2, 0.25) is 0 Å². The van der Waals surface area contributed by atoms with Gasteiger partial charge in [-0.2, -0.15) is 0 Å². The van der Waals surface area contributed by atoms with Crippen molar-refractivity contribution in [3.05, 3.63) is 39.5 Å². The maximum Gasteiger partial charge on any atom is 0.414 e. The minimum atomic E-state index is -1.82. The Morgan fingerprint density at radius 1 is 0.970 bits per heavy atom. The van der Waals surface area contributed by atoms with E-state index >= 15 is 0 Å². The number of benzene rings is 1. The van der Waals surface area contributed by atoms with Gasteiger partial charge < -0.3 is 20.6 Å². The molecule has 0 saturated heterocycles. The molecule has 0 fully saturated rings. The minimum absolute atomic E-state index is 0.115. The average molecular weight is 475 g/mol. The van der Waals surface area contributed by atoms with Crippen LogP contribution in [0.25, 0.3) is 12.2 Å². The lowest BCUT2D eigenvalue weighted by atomic mass is 9.78. The van der Waals surface area contributed by atoms with Gasteiger partial charge >= 0.3 is 11.9 Å². The molecule has 0 spiro atoms. The number of hydrogen-bond acceptors (Lipinski definition) is 6. The third-order valence-electron chi connectivity index (χ3n) is 5.19. The largest absolute Gasteiger partial charge is 0.507 e. The molecular weight excluding hydrogens is 440 g/mol. The summed E-state index contributed by atoms with van der Waals surface area (Å²) in [5.41, 5.74) is 4.07. The summed E-state index contributed by atoms with van der Waals surface area (Å²) >= 11 is 1.73. The Kier molecular flexibility index (Phi) is 8.30. The Bertz CT molecular complexity index is 972. The third kappa shape index (κ3) is 7.32. The summed E-state index contributed by atoms with van der Waals surface area (Å²) in [5.74, 6) is -3.22. The van der Waals surface area contributed by atoms with Gasteiger partial charge in [-0.25, -0.2) is 14.6 Å². The summed E-state index contributed by atoms with van der Waals surface area (Å²) < 4.78 is 0. The molecule has 0 unspecified atom stereocenters. The Balaban J connectivity index is 0.000000569. The first-order chi connectivity index (χ1) is 15.2. The number of carbonyl (C=O) groups is 2. The van der Waals surface area contributed by atoms with E-state index in [1.807, 2.05) is 0 Å². The number of rotatable bonds is 2. The molecule has 0 radical (unpaired) electrons. The lowest BCUT2D eigenvalue weighted by Crippen LogP contribution is -2.17. The molecule has 0 aliphatic carbocycles. The van der Waals surface area contributed by atoms with Gasteiger partial charge in [0.25, 0.3) is 0 Å². The third-order valence-corrected chi connectivity index (χ3v) is 6.21. The fourth-order valence-corrected chi connectivity index (χ4v) is 4.37. The lowest BCUT2D eigenvalue weighted by Gasteiger charge is -2.27. The second-order valence-electron chi connectivity index (χ2n) is 10.1. The predicted octanol–water partition coefficient (Wildman–Crippen LogP) is 5.52. The molecule has 0 saturated carbocycles. The van der Waals surface area contributed by atoms with Gasteiger partial charge in [0.15, 0.2) is 0 Å². The summed E-state index contributed by atoms with van der Waals surface area (Å²) in [6, 6.07) is 4.22. The second kappa shape index (κ2) is 10.4. The molecule has 3 rings (SSSR count). The van der Waals surface area contributed by atoms with Crippen molar-refractivity contribution in [1.82, 2.24) is 4.98 Å². The number of anilines is 1. The lowest BCUT2D eigenvalue weighted by molar-refractivity contribution is -0.159. The SMILES string of the molecule is CC(C)(C)c1cc(C=Cc2nc3c(s2)NCCCC3)cc(C(C)(C)C)c1O.O=C(O)C(=O)O. The van der Waals surface area contributed by atoms with E-state index in [1.54, 1.807) is 11.3 Å². The Labute approximate surface area is 199 Å². The van der Waals surface area contributed by atoms with E-state index in [0.717, 1.165) is 34.7 Å². The smallest absolute Gasteiger partial charge is 0.414 e. The molecule has 2 heterocycles. The highest BCUT2D eigenvalue weighted by Gasteiger charge is 2.26. The number of fused-ring (bicyclic) bond motifs is 1. The van der Waals surface area contributed by atoms with Crippen molar-refractivity contribution in [2.24, 2.45) is 0 Å². The predicted molar refractivity (Wildman–Crippen MR) is 133 cm³/mol. The van der Waals surface area contributed by atoms with E-state index in [9.17, 15) is 5.11 Å². The summed E-state index contributed by atoms with van der Waals surface area (Å²) in [5, 5.41) is 31.4. The second-order valence-corrected chi connectivity index (χ2v) is 11.2. The fourth-order valence-electron chi connectivity index (χ4n) is 3.43. The highest BCUT2D eigenvalue weighted by atomic mass is 32.1. The van der Waals surface area contributed by atoms with Gasteiger partial charge in [-0.15, -0.1) is 0 Å². The number of aromatic nitrogens is 1. The van der Waals surface area contributed by atoms with Crippen LogP contribution in [0.5, 0.6) is 5.75 Å². The number of phenols is 1. The number of nitrogens with zero attached hydrogens (tertiary/aromatic N) is 1. The Hall–Kier alpha value is -2.87. The highest BCUT2D eigenvalue weighted by molar-refractivity contribution is 7.16. The van der Waals surface area contributed by atoms with Crippen molar-refractivity contribution in [2.45, 2.75) is 71.6 Å². The van der Waals surface area contributed by atoms with Gasteiger partial charge in [0.05, 0.1) is 5.69 Å². The maximum atomic E-state index is 10.9. The molecule has 0 bridgehead atoms. The van der Waals surface area contributed by atoms with E-state index in [4.69, 9.17) is 24.8 Å². The molecule has 1 aromatic carbocycles. The number of aromatic hydroxyl groups is 1. The van der Waals surface area contributed by atoms with Crippen molar-refractivity contribution < 1.29 is 24.9 Å². The van der Waals surface area contributed by atoms with Gasteiger partial charge in [0, 0.05) is 17.7 Å². The van der Waals surface area contributed by atoms with E-state index < -0.39 is 11.9 Å². The number of carboxylic acid groups (broad SMARTS) is 2. The van der Waals surface area contributed by atoms with E-state index in [0.29, 0.717) is 5.75 Å². The molecule has 8 heteroatoms. The van der Waals surface area contributed by atoms with Crippen LogP contribution in [0, 0.1) is 0 Å². The molecule has 2 aromatic rings. The van der Waals surface area contributed by atoms with Crippen LogP contribution in [0.15, 0.2) is 12.1 Å². The number of aliphatic carboxylic acids is 2. The number of aryl methyl sites for hydroxylation is 1. The van der Waals surface area contributed by atoms with Crippen LogP contribution in [0.3, 0.4) is 0 Å². The Morgan fingerprint density at radius 2 is 1.52 bits per heavy atom. The first-order valence-electron chi connectivity index (χ1n) is 11.0. The quantitative estimate of drug-likeness (QED) is 0.423. The van der Waals surface area contributed by atoms with Crippen LogP contribution in [0.1, 0.15) is 81.8 Å². The summed E-state index contributed by atoms with van der Waals surface area (Å²) in [6.45, 7) is 13.9. The first kappa shape index (κ1) is 26.4. The number of phenolic OH excluding ortho intramolecular Hbond substituents is 1. The van der Waals surface area contributed by atoms with Crippen LogP contribution in [0.2, 0.25) is 0 Å². The number of carboxylic acids is 2. The average Bonchev–Trinajstić information content (AvgIpc) is 2.94. The molecule has 1 aromatic heterocycles. The van der Waals surface area contributed by atoms with Crippen LogP contribution in [-0.2, 0) is 26.8 Å². The molecule has 1 aliphatic heterocycles. The van der Waals surface area contributed by atoms with Gasteiger partial charge in [-0.1, -0.05) is 59.0 Å². The van der Waals surface area contributed by atoms with Crippen molar-refractivity contribution in [1.29, 1.82) is 0 Å². The zero-order valence-electron chi connectivity index (χ0n) is 20.2. The van der Waals surface area contributed by atoms with Gasteiger partial charge in [-0.3, -0.25) is 0 Å². The summed E-state index contributed by atoms with van der Waals surface area (Å²) in [7, 11) is 0. The maximum absolute atomic E-state index is 10.9. The zero-order valence-corrected chi connectivity index (χ0v) is 21.0. The van der Waals surface area contributed by atoms with Crippen LogP contribution in [0.4, 0.5) is 5.00 Å². The molecule has 0 atom stereocenters. The Morgan fingerprint density at radius 3 is 2.00 bits per heavy atom. The number of nitrogens with one attached hydrogen (secondary N) is 1. The van der Waals surface area contributed by atoms with Crippen LogP contribution in [-0.4, -0.2) is 38.8 Å². The summed E-state index contributed by atoms with van der Waals surface area (Å²) in [4.78, 5) is 23.0. The van der Waals surface area contributed by atoms with Crippen molar-refractivity contribution in [2.75, 3.05) is 11.9 Å². The highest BCUT2D eigenvalue weighted by Crippen LogP contribution is 2.40. The van der Waals surface area contributed by atoms with Crippen LogP contribution < -0.4 is 5.32 Å². The van der Waals surface area contributed by atoms with Gasteiger partial charge in [-0.05, 0) is 53.9 Å². The van der Waals surface area contributed by atoms with Crippen molar-refractivity contribution in [3.8, 4) is 5.75 Å². The molecule has 33 heavy (non-hydrogen) atoms. The van der Waals surface area contributed by atoms with E-state index in [-0.39, 0.29) is 10.8 Å². The minimum Gasteiger partial charge on any atom is -0.507 e. The fraction of sp³-hybridized carbons (Fsp3) is 0.480. The van der Waals surface area contributed by atoms with E-state index in [1.165, 1.54) is 23.5 Å². The molecule has 0 amide bonds. The van der Waals surface area contributed by atoms with E-state index in [2.05, 4.69) is 71.1 Å². The number of hydrogen-bond donors (Lipinski definition) is 4.